The van der Waals surface area contributed by atoms with Gasteiger partial charge in [-0.05, 0) is 12.1 Å². The summed E-state index contributed by atoms with van der Waals surface area (Å²) in [7, 11) is 1.30. The fourth-order valence-corrected chi connectivity index (χ4v) is 2.29. The van der Waals surface area contributed by atoms with Crippen LogP contribution in [0.2, 0.25) is 5.02 Å². The topological polar surface area (TPSA) is 52.1 Å². The van der Waals surface area contributed by atoms with E-state index in [1.165, 1.54) is 25.1 Å². The molecule has 1 aromatic heterocycles. The van der Waals surface area contributed by atoms with Crippen LogP contribution in [0.1, 0.15) is 10.5 Å². The molecule has 6 heteroatoms. The normalized spacial score (nSPS) is 10.1. The smallest absolute Gasteiger partial charge is 0.358 e. The van der Waals surface area contributed by atoms with Crippen LogP contribution in [0, 0.1) is 0 Å². The van der Waals surface area contributed by atoms with Crippen molar-refractivity contribution in [1.82, 2.24) is 9.97 Å². The van der Waals surface area contributed by atoms with E-state index in [1.807, 2.05) is 18.2 Å². The third kappa shape index (κ3) is 3.00. The minimum atomic E-state index is -0.510. The monoisotopic (exact) mass is 280 g/mol. The summed E-state index contributed by atoms with van der Waals surface area (Å²) < 4.78 is 4.59. The number of esters is 1. The molecule has 0 fully saturated rings. The number of halogens is 1. The molecular formula is C12H9ClN2O2S. The van der Waals surface area contributed by atoms with Gasteiger partial charge in [0.1, 0.15) is 5.03 Å². The van der Waals surface area contributed by atoms with Crippen molar-refractivity contribution < 1.29 is 9.53 Å². The first-order valence-electron chi connectivity index (χ1n) is 5.03. The lowest BCUT2D eigenvalue weighted by molar-refractivity contribution is 0.0592. The standard InChI is InChI=1S/C12H9ClN2O2S/c1-17-12(16)9-6-14-7-11(15-9)18-10-5-3-2-4-8(10)13/h2-7H,1H3. The Bertz CT molecular complexity index is 578. The van der Waals surface area contributed by atoms with E-state index in [2.05, 4.69) is 14.7 Å². The molecule has 0 radical (unpaired) electrons. The van der Waals surface area contributed by atoms with Crippen LogP contribution in [0.15, 0.2) is 46.6 Å². The second-order valence-electron chi connectivity index (χ2n) is 3.27. The average Bonchev–Trinajstić information content (AvgIpc) is 2.41. The number of ether oxygens (including phenoxy) is 1. The summed E-state index contributed by atoms with van der Waals surface area (Å²) in [5.74, 6) is -0.510. The number of hydrogen-bond acceptors (Lipinski definition) is 5. The van der Waals surface area contributed by atoms with E-state index in [0.717, 1.165) is 4.90 Å². The van der Waals surface area contributed by atoms with Gasteiger partial charge >= 0.3 is 5.97 Å². The van der Waals surface area contributed by atoms with Gasteiger partial charge in [-0.2, -0.15) is 0 Å². The lowest BCUT2D eigenvalue weighted by atomic mass is 10.4. The maximum atomic E-state index is 11.3. The molecule has 0 aliphatic heterocycles. The summed E-state index contributed by atoms with van der Waals surface area (Å²) in [6.45, 7) is 0. The van der Waals surface area contributed by atoms with Gasteiger partial charge in [0.15, 0.2) is 5.69 Å². The van der Waals surface area contributed by atoms with E-state index in [0.29, 0.717) is 10.0 Å². The van der Waals surface area contributed by atoms with Crippen LogP contribution < -0.4 is 0 Å². The molecule has 1 heterocycles. The molecule has 0 amide bonds. The lowest BCUT2D eigenvalue weighted by Crippen LogP contribution is -2.05. The summed E-state index contributed by atoms with van der Waals surface area (Å²) in [5.41, 5.74) is 0.176. The molecule has 0 atom stereocenters. The Morgan fingerprint density at radius 2 is 2.11 bits per heavy atom. The molecule has 0 bridgehead atoms. The Morgan fingerprint density at radius 1 is 1.33 bits per heavy atom. The summed E-state index contributed by atoms with van der Waals surface area (Å²) in [6, 6.07) is 7.40. The van der Waals surface area contributed by atoms with Crippen LogP contribution >= 0.6 is 23.4 Å². The van der Waals surface area contributed by atoms with Gasteiger partial charge < -0.3 is 4.74 Å². The zero-order chi connectivity index (χ0) is 13.0. The highest BCUT2D eigenvalue weighted by atomic mass is 35.5. The highest BCUT2D eigenvalue weighted by Crippen LogP contribution is 2.31. The van der Waals surface area contributed by atoms with E-state index >= 15 is 0 Å². The number of methoxy groups -OCH3 is 1. The zero-order valence-corrected chi connectivity index (χ0v) is 11.0. The third-order valence-corrected chi connectivity index (χ3v) is 3.48. The van der Waals surface area contributed by atoms with Crippen molar-refractivity contribution in [3.8, 4) is 0 Å². The fraction of sp³-hybridized carbons (Fsp3) is 0.0833. The predicted molar refractivity (Wildman–Crippen MR) is 68.9 cm³/mol. The third-order valence-electron chi connectivity index (χ3n) is 2.06. The first-order valence-corrected chi connectivity index (χ1v) is 6.23. The number of nitrogens with zero attached hydrogens (tertiary/aromatic N) is 2. The number of rotatable bonds is 3. The number of carbonyl (C=O) groups excluding carboxylic acids is 1. The molecule has 92 valence electrons. The van der Waals surface area contributed by atoms with Crippen LogP contribution in [0.25, 0.3) is 0 Å². The molecule has 0 saturated heterocycles. The lowest BCUT2D eigenvalue weighted by Gasteiger charge is -2.04. The van der Waals surface area contributed by atoms with Gasteiger partial charge in [-0.3, -0.25) is 4.98 Å². The largest absolute Gasteiger partial charge is 0.464 e. The molecular weight excluding hydrogens is 272 g/mol. The van der Waals surface area contributed by atoms with Gasteiger partial charge in [0, 0.05) is 4.90 Å². The number of carbonyl (C=O) groups is 1. The molecule has 2 rings (SSSR count). The van der Waals surface area contributed by atoms with Crippen molar-refractivity contribution in [2.75, 3.05) is 7.11 Å². The first-order chi connectivity index (χ1) is 8.70. The summed E-state index contributed by atoms with van der Waals surface area (Å²) in [6.07, 6.45) is 2.93. The van der Waals surface area contributed by atoms with Crippen molar-refractivity contribution in [2.24, 2.45) is 0 Å². The van der Waals surface area contributed by atoms with Gasteiger partial charge in [0.05, 0.1) is 24.5 Å². The number of benzene rings is 1. The summed E-state index contributed by atoms with van der Waals surface area (Å²) >= 11 is 7.39. The fourth-order valence-electron chi connectivity index (χ4n) is 1.24. The Kier molecular flexibility index (Phi) is 4.17. The number of aromatic nitrogens is 2. The maximum absolute atomic E-state index is 11.3. The quantitative estimate of drug-likeness (QED) is 0.809. The molecule has 0 N–H and O–H groups in total. The Balaban J connectivity index is 2.25. The van der Waals surface area contributed by atoms with Crippen molar-refractivity contribution in [3.05, 3.63) is 47.4 Å². The van der Waals surface area contributed by atoms with Gasteiger partial charge in [-0.25, -0.2) is 9.78 Å². The van der Waals surface area contributed by atoms with Crippen molar-refractivity contribution in [1.29, 1.82) is 0 Å². The minimum Gasteiger partial charge on any atom is -0.464 e. The minimum absolute atomic E-state index is 0.176. The first kappa shape index (κ1) is 12.9. The van der Waals surface area contributed by atoms with Crippen molar-refractivity contribution >= 4 is 29.3 Å². The van der Waals surface area contributed by atoms with E-state index in [1.54, 1.807) is 12.3 Å². The SMILES string of the molecule is COC(=O)c1cncc(Sc2ccccc2Cl)n1. The molecule has 0 aliphatic carbocycles. The van der Waals surface area contributed by atoms with Gasteiger partial charge in [-0.1, -0.05) is 35.5 Å². The van der Waals surface area contributed by atoms with Crippen molar-refractivity contribution in [2.45, 2.75) is 9.92 Å². The van der Waals surface area contributed by atoms with E-state index in [-0.39, 0.29) is 5.69 Å². The van der Waals surface area contributed by atoms with Crippen LogP contribution in [-0.2, 0) is 4.74 Å². The summed E-state index contributed by atoms with van der Waals surface area (Å²) in [4.78, 5) is 20.3. The Labute approximate surface area is 113 Å². The van der Waals surface area contributed by atoms with Crippen molar-refractivity contribution in [3.63, 3.8) is 0 Å². The highest BCUT2D eigenvalue weighted by molar-refractivity contribution is 7.99. The summed E-state index contributed by atoms with van der Waals surface area (Å²) in [5, 5.41) is 1.22. The molecule has 18 heavy (non-hydrogen) atoms. The molecule has 4 nitrogen and oxygen atoms in total. The van der Waals surface area contributed by atoms with Crippen LogP contribution in [0.3, 0.4) is 0 Å². The molecule has 0 aliphatic rings. The Hall–Kier alpha value is -1.59. The van der Waals surface area contributed by atoms with Gasteiger partial charge in [0.2, 0.25) is 0 Å². The van der Waals surface area contributed by atoms with E-state index in [4.69, 9.17) is 11.6 Å². The maximum Gasteiger partial charge on any atom is 0.358 e. The molecule has 1 aromatic carbocycles. The van der Waals surface area contributed by atoms with Gasteiger partial charge in [0.25, 0.3) is 0 Å². The van der Waals surface area contributed by atoms with Gasteiger partial charge in [-0.15, -0.1) is 0 Å². The second kappa shape index (κ2) is 5.84. The van der Waals surface area contributed by atoms with Crippen LogP contribution in [-0.4, -0.2) is 23.0 Å². The van der Waals surface area contributed by atoms with E-state index < -0.39 is 5.97 Å². The molecule has 0 saturated carbocycles. The second-order valence-corrected chi connectivity index (χ2v) is 4.74. The van der Waals surface area contributed by atoms with E-state index in [9.17, 15) is 4.79 Å². The molecule has 2 aromatic rings. The molecule has 0 unspecified atom stereocenters. The predicted octanol–water partition coefficient (Wildman–Crippen LogP) is 3.07. The van der Waals surface area contributed by atoms with Crippen LogP contribution in [0.4, 0.5) is 0 Å². The number of hydrogen-bond donors (Lipinski definition) is 0. The zero-order valence-electron chi connectivity index (χ0n) is 9.46. The molecule has 0 spiro atoms. The highest BCUT2D eigenvalue weighted by Gasteiger charge is 2.10. The average molecular weight is 281 g/mol. The Morgan fingerprint density at radius 3 is 2.83 bits per heavy atom. The van der Waals surface area contributed by atoms with Crippen LogP contribution in [0.5, 0.6) is 0 Å².